The lowest BCUT2D eigenvalue weighted by molar-refractivity contribution is -0.662. The molecular weight excluding hydrogens is 565 g/mol. The minimum atomic E-state index is -1.20. The first-order chi connectivity index (χ1) is 18.8. The van der Waals surface area contributed by atoms with E-state index < -0.39 is 29.2 Å². The molecule has 3 aromatic rings. The fourth-order valence-corrected chi connectivity index (χ4v) is 7.10. The average molecular weight is 590 g/mol. The van der Waals surface area contributed by atoms with E-state index in [9.17, 15) is 19.5 Å². The molecule has 13 nitrogen and oxygen atoms in total. The highest BCUT2D eigenvalue weighted by Gasteiger charge is 2.54. The van der Waals surface area contributed by atoms with Crippen LogP contribution in [-0.2, 0) is 25.8 Å². The number of nitrogens with two attached hydrogens (primary N) is 2. The maximum absolute atomic E-state index is 13.1. The summed E-state index contributed by atoms with van der Waals surface area (Å²) in [5.74, 6) is -1.24. The third-order valence-corrected chi connectivity index (χ3v) is 9.17. The highest BCUT2D eigenvalue weighted by atomic mass is 32.2. The van der Waals surface area contributed by atoms with Gasteiger partial charge in [0.15, 0.2) is 15.9 Å². The van der Waals surface area contributed by atoms with Crippen LogP contribution in [0.3, 0.4) is 0 Å². The van der Waals surface area contributed by atoms with Gasteiger partial charge in [0.2, 0.25) is 0 Å². The third-order valence-electron chi connectivity index (χ3n) is 6.09. The van der Waals surface area contributed by atoms with Gasteiger partial charge in [-0.05, 0) is 12.1 Å². The van der Waals surface area contributed by atoms with Crippen molar-refractivity contribution in [2.24, 2.45) is 10.9 Å². The molecule has 1 saturated heterocycles. The molecule has 0 aromatic carbocycles. The molecule has 0 bridgehead atoms. The van der Waals surface area contributed by atoms with Crippen LogP contribution in [-0.4, -0.2) is 79.5 Å². The fraction of sp³-hybridized carbons (Fsp3) is 0.304. The van der Waals surface area contributed by atoms with Crippen LogP contribution in [0.15, 0.2) is 57.4 Å². The number of nitrogen functional groups attached to an aromatic ring is 1. The number of thioether (sulfide) groups is 2. The number of β-lactam (4-membered cyclic amide) rings is 1. The Morgan fingerprint density at radius 3 is 2.92 bits per heavy atom. The Labute approximate surface area is 234 Å². The van der Waals surface area contributed by atoms with Crippen molar-refractivity contribution in [3.8, 4) is 0 Å². The molecule has 1 fully saturated rings. The van der Waals surface area contributed by atoms with Gasteiger partial charge in [0.05, 0.1) is 0 Å². The van der Waals surface area contributed by atoms with E-state index in [1.807, 2.05) is 39.6 Å². The molecule has 0 saturated carbocycles. The van der Waals surface area contributed by atoms with E-state index in [1.165, 1.54) is 23.8 Å². The quantitative estimate of drug-likeness (QED) is 0.0833. The van der Waals surface area contributed by atoms with Gasteiger partial charge >= 0.3 is 5.97 Å². The summed E-state index contributed by atoms with van der Waals surface area (Å²) in [4.78, 5) is 48.5. The number of carbonyl (C=O) groups is 3. The van der Waals surface area contributed by atoms with Gasteiger partial charge in [0.25, 0.3) is 17.5 Å². The van der Waals surface area contributed by atoms with Gasteiger partial charge in [-0.2, -0.15) is 4.40 Å². The van der Waals surface area contributed by atoms with Crippen molar-refractivity contribution >= 4 is 69.1 Å². The molecule has 2 amide bonds. The number of carboxylic acid groups (broad SMARTS) is 1. The van der Waals surface area contributed by atoms with E-state index in [4.69, 9.17) is 16.3 Å². The topological polar surface area (TPSA) is 182 Å². The second-order valence-corrected chi connectivity index (χ2v) is 11.6. The lowest BCUT2D eigenvalue weighted by atomic mass is 10.0. The number of aromatic nitrogens is 3. The summed E-state index contributed by atoms with van der Waals surface area (Å²) in [5, 5.41) is 18.7. The number of oxime groups is 1. The van der Waals surface area contributed by atoms with E-state index in [0.29, 0.717) is 24.4 Å². The summed E-state index contributed by atoms with van der Waals surface area (Å²) in [5.41, 5.74) is 12.8. The number of hydrogen-bond donors (Lipinski definition) is 4. The number of pyridine rings is 1. The monoisotopic (exact) mass is 589 g/mol. The van der Waals surface area contributed by atoms with Crippen LogP contribution in [0, 0.1) is 0 Å². The molecule has 39 heavy (non-hydrogen) atoms. The van der Waals surface area contributed by atoms with Crippen molar-refractivity contribution in [1.82, 2.24) is 19.6 Å². The lowest BCUT2D eigenvalue weighted by Crippen LogP contribution is -2.71. The zero-order chi connectivity index (χ0) is 27.7. The smallest absolute Gasteiger partial charge is 0.352 e. The Kier molecular flexibility index (Phi) is 7.79. The highest BCUT2D eigenvalue weighted by molar-refractivity contribution is 8.00. The van der Waals surface area contributed by atoms with Crippen molar-refractivity contribution in [2.45, 2.75) is 23.0 Å². The number of nitrogens with zero attached hydrogens (tertiary/aromatic N) is 5. The van der Waals surface area contributed by atoms with Crippen molar-refractivity contribution < 1.29 is 28.9 Å². The Balaban J connectivity index is 1.36. The highest BCUT2D eigenvalue weighted by Crippen LogP contribution is 2.40. The number of hydrogen-bond acceptors (Lipinski definition) is 11. The molecule has 0 aliphatic carbocycles. The fourth-order valence-electron chi connectivity index (χ4n) is 4.42. The van der Waals surface area contributed by atoms with Gasteiger partial charge in [0, 0.05) is 35.1 Å². The first-order valence-corrected chi connectivity index (χ1v) is 14.6. The molecule has 204 valence electrons. The number of aliphatic carboxylic acids is 1. The van der Waals surface area contributed by atoms with Crippen molar-refractivity contribution in [3.63, 3.8) is 0 Å². The number of nitrogens with one attached hydrogen (secondary N) is 1. The largest absolute Gasteiger partial charge is 0.477 e. The molecule has 2 aliphatic heterocycles. The number of anilines is 1. The van der Waals surface area contributed by atoms with Crippen LogP contribution in [0.4, 0.5) is 5.13 Å². The van der Waals surface area contributed by atoms with Crippen molar-refractivity contribution in [3.05, 3.63) is 52.9 Å². The number of carboxylic acids is 1. The number of carbonyl (C=O) groups excluding carboxylic acids is 2. The number of imidazole rings is 1. The Hall–Kier alpha value is -3.60. The second kappa shape index (κ2) is 11.3. The van der Waals surface area contributed by atoms with Crippen molar-refractivity contribution in [1.29, 1.82) is 0 Å². The number of fused-ring (bicyclic) bond motifs is 2. The SMILES string of the molecule is CO/N=C(\C(=O)N[C@@H]1C(=O)N2C(C(=O)O)=C(C[n+]3ccn4c(SCCN)cccc43)CS[C@H]12)c1csc(N)n1. The normalized spacial score (nSPS) is 19.2. The van der Waals surface area contributed by atoms with Gasteiger partial charge in [-0.3, -0.25) is 14.5 Å². The minimum absolute atomic E-state index is 0.0622. The average Bonchev–Trinajstić information content (AvgIpc) is 3.54. The molecule has 16 heteroatoms. The molecule has 2 aliphatic rings. The van der Waals surface area contributed by atoms with Crippen LogP contribution in [0.1, 0.15) is 5.69 Å². The number of thiazole rings is 1. The van der Waals surface area contributed by atoms with Crippen LogP contribution in [0.25, 0.3) is 5.65 Å². The van der Waals surface area contributed by atoms with E-state index in [2.05, 4.69) is 15.5 Å². The summed E-state index contributed by atoms with van der Waals surface area (Å²) >= 11 is 4.16. The van der Waals surface area contributed by atoms with Gasteiger partial charge in [0.1, 0.15) is 48.9 Å². The van der Waals surface area contributed by atoms with Gasteiger partial charge in [-0.15, -0.1) is 23.1 Å². The standard InChI is InChI=1S/C23H24N8O5S3/c1-36-28-16(13-11-39-23(25)26-13)19(32)27-17-20(33)31-18(22(34)35)12(10-38-21(17)31)9-29-6-7-30-14(29)3-2-4-15(30)37-8-5-24/h2-4,6-7,11,17,21H,5,8-10,24H2,1H3,(H3-,25,26,27,32,34,35)/p+1/b28-16-/t17-,21-/m1/s1. The van der Waals surface area contributed by atoms with Crippen LogP contribution in [0.5, 0.6) is 0 Å². The lowest BCUT2D eigenvalue weighted by Gasteiger charge is -2.49. The minimum Gasteiger partial charge on any atom is -0.477 e. The predicted octanol–water partition coefficient (Wildman–Crippen LogP) is 0.106. The molecule has 6 N–H and O–H groups in total. The molecule has 0 spiro atoms. The molecule has 5 heterocycles. The number of amides is 2. The summed E-state index contributed by atoms with van der Waals surface area (Å²) in [6.45, 7) is 0.848. The van der Waals surface area contributed by atoms with E-state index >= 15 is 0 Å². The Bertz CT molecular complexity index is 1520. The van der Waals surface area contributed by atoms with Gasteiger partial charge < -0.3 is 26.7 Å². The number of rotatable bonds is 10. The first-order valence-electron chi connectivity index (χ1n) is 11.7. The van der Waals surface area contributed by atoms with Crippen LogP contribution < -0.4 is 21.4 Å². The van der Waals surface area contributed by atoms with Gasteiger partial charge in [-0.25, -0.2) is 14.3 Å². The molecular formula is C23H25N8O5S3+. The molecule has 5 rings (SSSR count). The van der Waals surface area contributed by atoms with E-state index in [0.717, 1.165) is 27.8 Å². The Morgan fingerprint density at radius 2 is 2.23 bits per heavy atom. The van der Waals surface area contributed by atoms with Crippen LogP contribution in [0.2, 0.25) is 0 Å². The summed E-state index contributed by atoms with van der Waals surface area (Å²) in [6, 6.07) is 4.96. The second-order valence-electron chi connectivity index (χ2n) is 8.47. The van der Waals surface area contributed by atoms with E-state index in [-0.39, 0.29) is 22.2 Å². The molecule has 0 unspecified atom stereocenters. The van der Waals surface area contributed by atoms with E-state index in [1.54, 1.807) is 17.1 Å². The van der Waals surface area contributed by atoms with Gasteiger partial charge in [-0.1, -0.05) is 16.9 Å². The van der Waals surface area contributed by atoms with Crippen molar-refractivity contribution in [2.75, 3.05) is 30.9 Å². The zero-order valence-corrected chi connectivity index (χ0v) is 23.1. The predicted molar refractivity (Wildman–Crippen MR) is 147 cm³/mol. The summed E-state index contributed by atoms with van der Waals surface area (Å²) in [6.07, 6.45) is 3.80. The third kappa shape index (κ3) is 5.07. The molecule has 0 radical (unpaired) electrons. The maximum Gasteiger partial charge on any atom is 0.352 e. The molecule has 2 atom stereocenters. The summed E-state index contributed by atoms with van der Waals surface area (Å²) in [7, 11) is 1.29. The zero-order valence-electron chi connectivity index (χ0n) is 20.6. The van der Waals surface area contributed by atoms with Crippen LogP contribution >= 0.6 is 34.9 Å². The summed E-state index contributed by atoms with van der Waals surface area (Å²) < 4.78 is 3.97. The molecule has 3 aromatic heterocycles. The Morgan fingerprint density at radius 1 is 1.41 bits per heavy atom. The first kappa shape index (κ1) is 27.0. The maximum atomic E-state index is 13.1.